The minimum Gasteiger partial charge on any atom is -0.384 e. The first kappa shape index (κ1) is 13.1. The van der Waals surface area contributed by atoms with Crippen LogP contribution in [0.4, 0.5) is 5.82 Å². The molecule has 2 rings (SSSR count). The van der Waals surface area contributed by atoms with Crippen molar-refractivity contribution in [3.05, 3.63) is 46.6 Å². The highest BCUT2D eigenvalue weighted by Gasteiger charge is 2.05. The molecule has 0 aliphatic carbocycles. The van der Waals surface area contributed by atoms with Gasteiger partial charge in [0.1, 0.15) is 5.82 Å². The number of pyridine rings is 1. The second kappa shape index (κ2) is 5.53. The predicted molar refractivity (Wildman–Crippen MR) is 80.3 cm³/mol. The normalized spacial score (nSPS) is 10.9. The smallest absolute Gasteiger partial charge is 0.124 e. The number of halogens is 1. The van der Waals surface area contributed by atoms with Crippen LogP contribution in [0.1, 0.15) is 19.5 Å². The summed E-state index contributed by atoms with van der Waals surface area (Å²) in [6.07, 6.45) is 0.953. The minimum atomic E-state index is 0.581. The van der Waals surface area contributed by atoms with Gasteiger partial charge in [-0.2, -0.15) is 0 Å². The average molecular weight is 305 g/mol. The van der Waals surface area contributed by atoms with Crippen molar-refractivity contribution in [2.45, 2.75) is 20.3 Å². The zero-order valence-electron chi connectivity index (χ0n) is 10.7. The zero-order valence-corrected chi connectivity index (χ0v) is 12.2. The molecule has 18 heavy (non-hydrogen) atoms. The first-order chi connectivity index (χ1) is 8.54. The summed E-state index contributed by atoms with van der Waals surface area (Å²) < 4.78 is 1.08. The van der Waals surface area contributed by atoms with Crippen molar-refractivity contribution >= 4 is 21.7 Å². The molecule has 0 unspecified atom stereocenters. The van der Waals surface area contributed by atoms with E-state index in [-0.39, 0.29) is 0 Å². The summed E-state index contributed by atoms with van der Waals surface area (Å²) in [5, 5.41) is 0. The Kier molecular flexibility index (Phi) is 4.02. The summed E-state index contributed by atoms with van der Waals surface area (Å²) in [7, 11) is 0. The highest BCUT2D eigenvalue weighted by Crippen LogP contribution is 2.24. The Balaban J connectivity index is 2.38. The SMILES string of the molecule is CC(C)Cc1cc(-c2ccc(Br)cc2)cc(N)n1. The van der Waals surface area contributed by atoms with E-state index in [4.69, 9.17) is 5.73 Å². The number of nitrogens with zero attached hydrogens (tertiary/aromatic N) is 1. The van der Waals surface area contributed by atoms with Crippen molar-refractivity contribution in [3.8, 4) is 11.1 Å². The lowest BCUT2D eigenvalue weighted by atomic mass is 10.0. The third kappa shape index (κ3) is 3.33. The predicted octanol–water partition coefficient (Wildman–Crippen LogP) is 4.29. The van der Waals surface area contributed by atoms with Crippen molar-refractivity contribution < 1.29 is 0 Å². The zero-order chi connectivity index (χ0) is 13.1. The van der Waals surface area contributed by atoms with Crippen LogP contribution in [0, 0.1) is 5.92 Å². The van der Waals surface area contributed by atoms with Gasteiger partial charge in [-0.15, -0.1) is 0 Å². The number of hydrogen-bond donors (Lipinski definition) is 1. The maximum absolute atomic E-state index is 5.88. The Hall–Kier alpha value is -1.35. The lowest BCUT2D eigenvalue weighted by Gasteiger charge is -2.09. The number of hydrogen-bond acceptors (Lipinski definition) is 2. The molecule has 2 nitrogen and oxygen atoms in total. The third-order valence-electron chi connectivity index (χ3n) is 2.69. The number of nitrogens with two attached hydrogens (primary N) is 1. The molecule has 2 N–H and O–H groups in total. The lowest BCUT2D eigenvalue weighted by Crippen LogP contribution is -2.01. The quantitative estimate of drug-likeness (QED) is 0.918. The monoisotopic (exact) mass is 304 g/mol. The lowest BCUT2D eigenvalue weighted by molar-refractivity contribution is 0.636. The summed E-state index contributed by atoms with van der Waals surface area (Å²) in [4.78, 5) is 4.39. The molecule has 3 heteroatoms. The molecule has 0 aliphatic heterocycles. The van der Waals surface area contributed by atoms with E-state index in [0.717, 1.165) is 27.7 Å². The topological polar surface area (TPSA) is 38.9 Å². The molecular formula is C15H17BrN2. The van der Waals surface area contributed by atoms with Gasteiger partial charge in [-0.1, -0.05) is 41.9 Å². The summed E-state index contributed by atoms with van der Waals surface area (Å²) in [6, 6.07) is 12.3. The summed E-state index contributed by atoms with van der Waals surface area (Å²) in [5.41, 5.74) is 9.23. The molecule has 1 aromatic carbocycles. The van der Waals surface area contributed by atoms with E-state index < -0.39 is 0 Å². The van der Waals surface area contributed by atoms with E-state index in [9.17, 15) is 0 Å². The van der Waals surface area contributed by atoms with Crippen molar-refractivity contribution in [1.29, 1.82) is 0 Å². The molecule has 0 radical (unpaired) electrons. The molecule has 0 atom stereocenters. The van der Waals surface area contributed by atoms with Crippen LogP contribution in [-0.4, -0.2) is 4.98 Å². The molecule has 0 amide bonds. The van der Waals surface area contributed by atoms with Crippen LogP contribution in [0.15, 0.2) is 40.9 Å². The number of anilines is 1. The maximum atomic E-state index is 5.88. The minimum absolute atomic E-state index is 0.581. The molecule has 2 aromatic rings. The van der Waals surface area contributed by atoms with Gasteiger partial charge in [0.15, 0.2) is 0 Å². The van der Waals surface area contributed by atoms with Crippen molar-refractivity contribution in [2.24, 2.45) is 5.92 Å². The number of nitrogen functional groups attached to an aromatic ring is 1. The Labute approximate surface area is 116 Å². The first-order valence-electron chi connectivity index (χ1n) is 6.07. The Morgan fingerprint density at radius 2 is 1.78 bits per heavy atom. The van der Waals surface area contributed by atoms with Crippen LogP contribution in [0.3, 0.4) is 0 Å². The van der Waals surface area contributed by atoms with Crippen LogP contribution in [-0.2, 0) is 6.42 Å². The molecular weight excluding hydrogens is 288 g/mol. The second-order valence-electron chi connectivity index (χ2n) is 4.88. The Morgan fingerprint density at radius 3 is 2.39 bits per heavy atom. The van der Waals surface area contributed by atoms with E-state index in [1.807, 2.05) is 18.2 Å². The second-order valence-corrected chi connectivity index (χ2v) is 5.79. The van der Waals surface area contributed by atoms with Gasteiger partial charge in [-0.25, -0.2) is 4.98 Å². The van der Waals surface area contributed by atoms with Gasteiger partial charge in [0.25, 0.3) is 0 Å². The van der Waals surface area contributed by atoms with E-state index in [2.05, 4.69) is 53.0 Å². The molecule has 94 valence electrons. The van der Waals surface area contributed by atoms with Gasteiger partial charge >= 0.3 is 0 Å². The van der Waals surface area contributed by atoms with Crippen molar-refractivity contribution in [2.75, 3.05) is 5.73 Å². The van der Waals surface area contributed by atoms with Gasteiger partial charge in [-0.3, -0.25) is 0 Å². The molecule has 0 fully saturated rings. The van der Waals surface area contributed by atoms with Crippen LogP contribution in [0.25, 0.3) is 11.1 Å². The Morgan fingerprint density at radius 1 is 1.11 bits per heavy atom. The van der Waals surface area contributed by atoms with Crippen LogP contribution < -0.4 is 5.73 Å². The summed E-state index contributed by atoms with van der Waals surface area (Å²) >= 11 is 3.44. The molecule has 1 aromatic heterocycles. The number of rotatable bonds is 3. The van der Waals surface area contributed by atoms with Gasteiger partial charge in [-0.05, 0) is 47.7 Å². The van der Waals surface area contributed by atoms with Crippen molar-refractivity contribution in [1.82, 2.24) is 4.98 Å². The van der Waals surface area contributed by atoms with E-state index >= 15 is 0 Å². The summed E-state index contributed by atoms with van der Waals surface area (Å²) in [6.45, 7) is 4.37. The van der Waals surface area contributed by atoms with Gasteiger partial charge in [0.2, 0.25) is 0 Å². The standard InChI is InChI=1S/C15H17BrN2/c1-10(2)7-14-8-12(9-15(17)18-14)11-3-5-13(16)6-4-11/h3-6,8-10H,7H2,1-2H3,(H2,17,18). The summed E-state index contributed by atoms with van der Waals surface area (Å²) in [5.74, 6) is 1.17. The number of aromatic nitrogens is 1. The molecule has 0 saturated heterocycles. The third-order valence-corrected chi connectivity index (χ3v) is 3.22. The van der Waals surface area contributed by atoms with Crippen LogP contribution in [0.2, 0.25) is 0 Å². The Bertz CT molecular complexity index is 533. The largest absolute Gasteiger partial charge is 0.384 e. The van der Waals surface area contributed by atoms with E-state index in [1.54, 1.807) is 0 Å². The fourth-order valence-corrected chi connectivity index (χ4v) is 2.21. The van der Waals surface area contributed by atoms with Gasteiger partial charge in [0.05, 0.1) is 0 Å². The maximum Gasteiger partial charge on any atom is 0.124 e. The first-order valence-corrected chi connectivity index (χ1v) is 6.86. The van der Waals surface area contributed by atoms with E-state index in [0.29, 0.717) is 11.7 Å². The number of benzene rings is 1. The molecule has 1 heterocycles. The van der Waals surface area contributed by atoms with Crippen LogP contribution in [0.5, 0.6) is 0 Å². The average Bonchev–Trinajstić information content (AvgIpc) is 2.28. The van der Waals surface area contributed by atoms with Gasteiger partial charge < -0.3 is 5.73 Å². The van der Waals surface area contributed by atoms with E-state index in [1.165, 1.54) is 0 Å². The van der Waals surface area contributed by atoms with Gasteiger partial charge in [0, 0.05) is 10.2 Å². The fourth-order valence-electron chi connectivity index (χ4n) is 1.94. The molecule has 0 saturated carbocycles. The fraction of sp³-hybridized carbons (Fsp3) is 0.267. The molecule has 0 bridgehead atoms. The molecule has 0 aliphatic rings. The highest BCUT2D eigenvalue weighted by atomic mass is 79.9. The van der Waals surface area contributed by atoms with Crippen molar-refractivity contribution in [3.63, 3.8) is 0 Å². The highest BCUT2D eigenvalue weighted by molar-refractivity contribution is 9.10. The molecule has 0 spiro atoms. The van der Waals surface area contributed by atoms with Crippen LogP contribution >= 0.6 is 15.9 Å².